The number of halogens is 1. The van der Waals surface area contributed by atoms with Gasteiger partial charge in [-0.2, -0.15) is 10.2 Å². The molecule has 0 bridgehead atoms. The molecule has 0 spiro atoms. The highest BCUT2D eigenvalue weighted by Crippen LogP contribution is 2.23. The Kier molecular flexibility index (Phi) is 7.74. The highest BCUT2D eigenvalue weighted by molar-refractivity contribution is 9.10. The molecular formula is C21H26BrN7O. The predicted octanol–water partition coefficient (Wildman–Crippen LogP) is 2.32. The summed E-state index contributed by atoms with van der Waals surface area (Å²) >= 11 is 3.42. The van der Waals surface area contributed by atoms with Crippen LogP contribution in [-0.2, 0) is 6.54 Å². The Morgan fingerprint density at radius 1 is 1.33 bits per heavy atom. The van der Waals surface area contributed by atoms with E-state index in [1.165, 1.54) is 11.8 Å². The number of hydrogen-bond donors (Lipinski definition) is 2. The molecule has 1 aromatic carbocycles. The normalized spacial score (nSPS) is 14.4. The van der Waals surface area contributed by atoms with Crippen molar-refractivity contribution in [2.45, 2.75) is 20.4 Å². The van der Waals surface area contributed by atoms with Crippen LogP contribution in [-0.4, -0.2) is 53.5 Å². The average molecular weight is 472 g/mol. The van der Waals surface area contributed by atoms with Gasteiger partial charge in [0.1, 0.15) is 6.07 Å². The third kappa shape index (κ3) is 5.98. The Hall–Kier alpha value is -2.54. The van der Waals surface area contributed by atoms with E-state index in [1.807, 2.05) is 44.2 Å². The molecular weight excluding hydrogens is 446 g/mol. The van der Waals surface area contributed by atoms with Gasteiger partial charge in [0.2, 0.25) is 5.82 Å². The zero-order chi connectivity index (χ0) is 21.5. The van der Waals surface area contributed by atoms with E-state index >= 15 is 0 Å². The molecule has 1 aliphatic rings. The number of nitriles is 1. The van der Waals surface area contributed by atoms with Crippen LogP contribution in [0.15, 0.2) is 34.9 Å². The van der Waals surface area contributed by atoms with Gasteiger partial charge in [-0.15, -0.1) is 0 Å². The first-order chi connectivity index (χ1) is 14.5. The van der Waals surface area contributed by atoms with E-state index in [0.717, 1.165) is 32.7 Å². The van der Waals surface area contributed by atoms with Crippen molar-refractivity contribution in [3.05, 3.63) is 51.9 Å². The van der Waals surface area contributed by atoms with E-state index in [4.69, 9.17) is 5.26 Å². The summed E-state index contributed by atoms with van der Waals surface area (Å²) in [4.78, 5) is 23.5. The first-order valence-electron chi connectivity index (χ1n) is 9.99. The van der Waals surface area contributed by atoms with E-state index < -0.39 is 0 Å². The van der Waals surface area contributed by atoms with Crippen LogP contribution < -0.4 is 15.8 Å². The lowest BCUT2D eigenvalue weighted by atomic mass is 10.1. The zero-order valence-corrected chi connectivity index (χ0v) is 18.8. The van der Waals surface area contributed by atoms with Gasteiger partial charge >= 0.3 is 0 Å². The van der Waals surface area contributed by atoms with Crippen molar-refractivity contribution >= 4 is 27.7 Å². The highest BCUT2D eigenvalue weighted by Gasteiger charge is 2.19. The van der Waals surface area contributed by atoms with Crippen LogP contribution in [0, 0.1) is 17.2 Å². The van der Waals surface area contributed by atoms with Crippen molar-refractivity contribution in [2.75, 3.05) is 37.7 Å². The topological polar surface area (TPSA) is 97.2 Å². The van der Waals surface area contributed by atoms with Crippen molar-refractivity contribution < 1.29 is 4.79 Å². The largest absolute Gasteiger partial charge is 0.314 e. The Morgan fingerprint density at radius 3 is 2.67 bits per heavy atom. The maximum Gasteiger partial charge on any atom is 0.269 e. The molecule has 1 fully saturated rings. The number of amides is 1. The fraction of sp³-hybridized carbons (Fsp3) is 0.429. The van der Waals surface area contributed by atoms with Crippen LogP contribution in [0.4, 0.5) is 5.82 Å². The number of anilines is 1. The van der Waals surface area contributed by atoms with Gasteiger partial charge in [0.25, 0.3) is 5.91 Å². The summed E-state index contributed by atoms with van der Waals surface area (Å²) in [6.07, 6.45) is 1.52. The van der Waals surface area contributed by atoms with Crippen molar-refractivity contribution in [3.8, 4) is 6.07 Å². The first kappa shape index (κ1) is 22.2. The second-order valence-corrected chi connectivity index (χ2v) is 8.50. The molecule has 1 saturated heterocycles. The number of carbonyl (C=O) groups excluding carboxylic acids is 1. The molecule has 1 aliphatic heterocycles. The molecule has 0 radical (unpaired) electrons. The SMILES string of the molecule is CC(C)CN(NC(=O)c1ccc(CN2CCNCC2)cc1)c1nc(C#N)ncc1Br. The van der Waals surface area contributed by atoms with Crippen LogP contribution in [0.5, 0.6) is 0 Å². The quantitative estimate of drug-likeness (QED) is 0.597. The third-order valence-electron chi connectivity index (χ3n) is 4.70. The van der Waals surface area contributed by atoms with Gasteiger partial charge in [0.15, 0.2) is 5.82 Å². The number of carbonyl (C=O) groups is 1. The summed E-state index contributed by atoms with van der Waals surface area (Å²) in [5.41, 5.74) is 4.67. The molecule has 0 saturated carbocycles. The molecule has 30 heavy (non-hydrogen) atoms. The molecule has 3 rings (SSSR count). The molecule has 2 heterocycles. The summed E-state index contributed by atoms with van der Waals surface area (Å²) in [6, 6.07) is 9.62. The summed E-state index contributed by atoms with van der Waals surface area (Å²) in [5, 5.41) is 14.1. The van der Waals surface area contributed by atoms with E-state index in [2.05, 4.69) is 41.5 Å². The zero-order valence-electron chi connectivity index (χ0n) is 17.2. The van der Waals surface area contributed by atoms with Gasteiger partial charge in [-0.1, -0.05) is 26.0 Å². The van der Waals surface area contributed by atoms with Gasteiger partial charge in [0, 0.05) is 51.0 Å². The summed E-state index contributed by atoms with van der Waals surface area (Å²) in [7, 11) is 0. The van der Waals surface area contributed by atoms with Gasteiger partial charge in [-0.3, -0.25) is 20.1 Å². The Bertz CT molecular complexity index is 905. The Labute approximate surface area is 185 Å². The smallest absolute Gasteiger partial charge is 0.269 e. The Balaban J connectivity index is 1.71. The number of nitrogens with zero attached hydrogens (tertiary/aromatic N) is 5. The monoisotopic (exact) mass is 471 g/mol. The fourth-order valence-corrected chi connectivity index (χ4v) is 3.63. The fourth-order valence-electron chi connectivity index (χ4n) is 3.23. The van der Waals surface area contributed by atoms with Crippen LogP contribution in [0.1, 0.15) is 35.6 Å². The molecule has 0 atom stereocenters. The lowest BCUT2D eigenvalue weighted by molar-refractivity contribution is 0.0947. The minimum atomic E-state index is -0.228. The van der Waals surface area contributed by atoms with Crippen molar-refractivity contribution in [2.24, 2.45) is 5.92 Å². The van der Waals surface area contributed by atoms with Crippen LogP contribution >= 0.6 is 15.9 Å². The molecule has 1 aromatic heterocycles. The number of hydrogen-bond acceptors (Lipinski definition) is 7. The first-order valence-corrected chi connectivity index (χ1v) is 10.8. The standard InChI is InChI=1S/C21H26BrN7O/c1-15(2)13-29(20-18(22)12-25-19(11-23)26-20)27-21(30)17-5-3-16(4-6-17)14-28-9-7-24-8-10-28/h3-6,12,15,24H,7-10,13-14H2,1-2H3,(H,27,30). The Morgan fingerprint density at radius 2 is 2.03 bits per heavy atom. The molecule has 2 N–H and O–H groups in total. The van der Waals surface area contributed by atoms with E-state index in [-0.39, 0.29) is 17.6 Å². The maximum atomic E-state index is 12.9. The lowest BCUT2D eigenvalue weighted by Gasteiger charge is -2.27. The van der Waals surface area contributed by atoms with Crippen LogP contribution in [0.25, 0.3) is 0 Å². The summed E-state index contributed by atoms with van der Waals surface area (Å²) in [6.45, 7) is 9.60. The number of nitrogens with one attached hydrogen (secondary N) is 2. The van der Waals surface area contributed by atoms with Crippen molar-refractivity contribution in [3.63, 3.8) is 0 Å². The number of rotatable bonds is 7. The van der Waals surface area contributed by atoms with Crippen LogP contribution in [0.2, 0.25) is 0 Å². The summed E-state index contributed by atoms with van der Waals surface area (Å²) < 4.78 is 0.605. The molecule has 158 valence electrons. The minimum Gasteiger partial charge on any atom is -0.314 e. The van der Waals surface area contributed by atoms with E-state index in [9.17, 15) is 4.79 Å². The van der Waals surface area contributed by atoms with E-state index in [0.29, 0.717) is 22.4 Å². The van der Waals surface area contributed by atoms with Crippen molar-refractivity contribution in [1.82, 2.24) is 25.6 Å². The number of benzene rings is 1. The van der Waals surface area contributed by atoms with Gasteiger partial charge in [-0.25, -0.2) is 4.98 Å². The average Bonchev–Trinajstić information content (AvgIpc) is 2.74. The predicted molar refractivity (Wildman–Crippen MR) is 119 cm³/mol. The second kappa shape index (κ2) is 10.5. The molecule has 9 heteroatoms. The molecule has 2 aromatic rings. The lowest BCUT2D eigenvalue weighted by Crippen LogP contribution is -2.45. The summed E-state index contributed by atoms with van der Waals surface area (Å²) in [5.74, 6) is 0.542. The number of piperazine rings is 1. The van der Waals surface area contributed by atoms with Crippen LogP contribution in [0.3, 0.4) is 0 Å². The number of hydrazine groups is 1. The highest BCUT2D eigenvalue weighted by atomic mass is 79.9. The molecule has 1 amide bonds. The maximum absolute atomic E-state index is 12.9. The van der Waals surface area contributed by atoms with Gasteiger partial charge in [0.05, 0.1) is 4.47 Å². The molecule has 0 unspecified atom stereocenters. The van der Waals surface area contributed by atoms with Gasteiger partial charge < -0.3 is 5.32 Å². The number of aromatic nitrogens is 2. The minimum absolute atomic E-state index is 0.0495. The van der Waals surface area contributed by atoms with Gasteiger partial charge in [-0.05, 0) is 39.5 Å². The third-order valence-corrected chi connectivity index (χ3v) is 5.26. The van der Waals surface area contributed by atoms with E-state index in [1.54, 1.807) is 5.01 Å². The molecule has 0 aliphatic carbocycles. The molecule has 8 nitrogen and oxygen atoms in total. The second-order valence-electron chi connectivity index (χ2n) is 7.65. The van der Waals surface area contributed by atoms with Crippen molar-refractivity contribution in [1.29, 1.82) is 5.26 Å².